The number of carbonyl (C=O) groups is 1. The average molecular weight is 379 g/mol. The summed E-state index contributed by atoms with van der Waals surface area (Å²) in [5.74, 6) is -0.0770. The maximum atomic E-state index is 12.5. The van der Waals surface area contributed by atoms with Crippen LogP contribution < -0.4 is 4.72 Å². The van der Waals surface area contributed by atoms with Crippen LogP contribution in [0, 0.1) is 0 Å². The van der Waals surface area contributed by atoms with Crippen molar-refractivity contribution in [3.63, 3.8) is 0 Å². The van der Waals surface area contributed by atoms with Gasteiger partial charge < -0.3 is 4.90 Å². The highest BCUT2D eigenvalue weighted by Crippen LogP contribution is 2.18. The van der Waals surface area contributed by atoms with Crippen molar-refractivity contribution >= 4 is 27.5 Å². The Hall–Kier alpha value is -1.89. The van der Waals surface area contributed by atoms with Gasteiger partial charge in [-0.25, -0.2) is 13.1 Å². The Bertz CT molecular complexity index is 848. The second kappa shape index (κ2) is 7.56. The van der Waals surface area contributed by atoms with Crippen LogP contribution in [0.2, 0.25) is 5.02 Å². The Morgan fingerprint density at radius 2 is 1.72 bits per heavy atom. The van der Waals surface area contributed by atoms with Crippen molar-refractivity contribution in [1.82, 2.24) is 9.62 Å². The molecule has 1 heterocycles. The van der Waals surface area contributed by atoms with Gasteiger partial charge in [0.15, 0.2) is 0 Å². The van der Waals surface area contributed by atoms with Crippen LogP contribution in [-0.2, 0) is 10.0 Å². The van der Waals surface area contributed by atoms with Crippen LogP contribution in [0.1, 0.15) is 23.2 Å². The summed E-state index contributed by atoms with van der Waals surface area (Å²) < 4.78 is 27.5. The molecule has 1 fully saturated rings. The van der Waals surface area contributed by atoms with E-state index in [0.717, 1.165) is 0 Å². The summed E-state index contributed by atoms with van der Waals surface area (Å²) >= 11 is 5.93. The van der Waals surface area contributed by atoms with Gasteiger partial charge in [0.1, 0.15) is 0 Å². The molecule has 1 aliphatic heterocycles. The Kier molecular flexibility index (Phi) is 5.42. The molecule has 0 saturated carbocycles. The first kappa shape index (κ1) is 17.9. The summed E-state index contributed by atoms with van der Waals surface area (Å²) in [7, 11) is -3.53. The maximum absolute atomic E-state index is 12.5. The van der Waals surface area contributed by atoms with E-state index in [1.165, 1.54) is 0 Å². The summed E-state index contributed by atoms with van der Waals surface area (Å²) in [6.45, 7) is 1.01. The molecular weight excluding hydrogens is 360 g/mol. The van der Waals surface area contributed by atoms with Crippen molar-refractivity contribution < 1.29 is 13.2 Å². The number of amides is 1. The minimum absolute atomic E-state index is 0.0770. The fourth-order valence-corrected chi connectivity index (χ4v) is 4.41. The van der Waals surface area contributed by atoms with E-state index in [2.05, 4.69) is 4.72 Å². The number of likely N-dealkylation sites (tertiary alicyclic amines) is 1. The van der Waals surface area contributed by atoms with E-state index < -0.39 is 10.0 Å². The lowest BCUT2D eigenvalue weighted by Crippen LogP contribution is -2.46. The van der Waals surface area contributed by atoms with Crippen LogP contribution in [0.15, 0.2) is 59.5 Å². The number of hydrogen-bond acceptors (Lipinski definition) is 3. The first-order valence-corrected chi connectivity index (χ1v) is 9.94. The molecule has 1 saturated heterocycles. The van der Waals surface area contributed by atoms with Gasteiger partial charge in [0.2, 0.25) is 10.0 Å². The maximum Gasteiger partial charge on any atom is 0.253 e. The normalized spacial score (nSPS) is 16.0. The topological polar surface area (TPSA) is 66.5 Å². The van der Waals surface area contributed by atoms with Gasteiger partial charge in [-0.05, 0) is 43.2 Å². The number of rotatable bonds is 4. The molecule has 2 aromatic carbocycles. The lowest BCUT2D eigenvalue weighted by atomic mass is 10.0. The standard InChI is InChI=1S/C18H19ClN2O3S/c19-15-6-4-5-14(13-15)18(22)21-11-9-16(10-12-21)20-25(23,24)17-7-2-1-3-8-17/h1-8,13,16,20H,9-12H2. The van der Waals surface area contributed by atoms with Gasteiger partial charge in [-0.2, -0.15) is 0 Å². The fourth-order valence-electron chi connectivity index (χ4n) is 2.89. The van der Waals surface area contributed by atoms with Crippen molar-refractivity contribution in [2.75, 3.05) is 13.1 Å². The van der Waals surface area contributed by atoms with Crippen LogP contribution >= 0.6 is 11.6 Å². The van der Waals surface area contributed by atoms with Crippen molar-refractivity contribution in [3.05, 3.63) is 65.2 Å². The molecule has 25 heavy (non-hydrogen) atoms. The predicted molar refractivity (Wildman–Crippen MR) is 97.1 cm³/mol. The fraction of sp³-hybridized carbons (Fsp3) is 0.278. The Morgan fingerprint density at radius 1 is 1.04 bits per heavy atom. The highest BCUT2D eigenvalue weighted by molar-refractivity contribution is 7.89. The van der Waals surface area contributed by atoms with Gasteiger partial charge in [-0.3, -0.25) is 4.79 Å². The summed E-state index contributed by atoms with van der Waals surface area (Å²) in [6.07, 6.45) is 1.16. The molecule has 0 radical (unpaired) electrons. The second-order valence-corrected chi connectivity index (χ2v) is 8.16. The van der Waals surface area contributed by atoms with Gasteiger partial charge in [-0.1, -0.05) is 35.9 Å². The molecule has 1 aliphatic rings. The van der Waals surface area contributed by atoms with Gasteiger partial charge in [0.05, 0.1) is 4.90 Å². The third kappa shape index (κ3) is 4.39. The number of carbonyl (C=O) groups excluding carboxylic acids is 1. The van der Waals surface area contributed by atoms with E-state index in [-0.39, 0.29) is 16.8 Å². The highest BCUT2D eigenvalue weighted by Gasteiger charge is 2.27. The molecule has 0 spiro atoms. The average Bonchev–Trinajstić information content (AvgIpc) is 2.62. The molecule has 1 amide bonds. The smallest absolute Gasteiger partial charge is 0.253 e. The van der Waals surface area contributed by atoms with E-state index in [0.29, 0.717) is 36.5 Å². The number of sulfonamides is 1. The van der Waals surface area contributed by atoms with E-state index >= 15 is 0 Å². The van der Waals surface area contributed by atoms with E-state index in [9.17, 15) is 13.2 Å². The molecule has 0 unspecified atom stereocenters. The summed E-state index contributed by atoms with van der Waals surface area (Å²) in [6, 6.07) is 15.0. The largest absolute Gasteiger partial charge is 0.339 e. The van der Waals surface area contributed by atoms with Gasteiger partial charge >= 0.3 is 0 Å². The zero-order chi connectivity index (χ0) is 17.9. The number of piperidine rings is 1. The molecule has 0 bridgehead atoms. The molecule has 0 atom stereocenters. The van der Waals surface area contributed by atoms with Crippen LogP contribution in [0.5, 0.6) is 0 Å². The number of halogens is 1. The minimum Gasteiger partial charge on any atom is -0.339 e. The molecule has 1 N–H and O–H groups in total. The third-order valence-corrected chi connectivity index (χ3v) is 6.00. The molecule has 7 heteroatoms. The SMILES string of the molecule is O=C(c1cccc(Cl)c1)N1CCC(NS(=O)(=O)c2ccccc2)CC1. The van der Waals surface area contributed by atoms with Crippen molar-refractivity contribution in [3.8, 4) is 0 Å². The van der Waals surface area contributed by atoms with Gasteiger partial charge in [0.25, 0.3) is 5.91 Å². The monoisotopic (exact) mass is 378 g/mol. The van der Waals surface area contributed by atoms with E-state index in [1.54, 1.807) is 59.5 Å². The predicted octanol–water partition coefficient (Wildman–Crippen LogP) is 2.92. The van der Waals surface area contributed by atoms with Crippen molar-refractivity contribution in [2.45, 2.75) is 23.8 Å². The zero-order valence-corrected chi connectivity index (χ0v) is 15.1. The first-order chi connectivity index (χ1) is 12.0. The summed E-state index contributed by atoms with van der Waals surface area (Å²) in [5, 5.41) is 0.524. The van der Waals surface area contributed by atoms with Gasteiger partial charge in [-0.15, -0.1) is 0 Å². The molecule has 0 aromatic heterocycles. The van der Waals surface area contributed by atoms with E-state index in [4.69, 9.17) is 11.6 Å². The molecule has 2 aromatic rings. The minimum atomic E-state index is -3.53. The number of hydrogen-bond donors (Lipinski definition) is 1. The molecule has 132 valence electrons. The number of nitrogens with zero attached hydrogens (tertiary/aromatic N) is 1. The summed E-state index contributed by atoms with van der Waals surface area (Å²) in [5.41, 5.74) is 0.552. The Balaban J connectivity index is 1.60. The van der Waals surface area contributed by atoms with E-state index in [1.807, 2.05) is 0 Å². The van der Waals surface area contributed by atoms with Crippen molar-refractivity contribution in [1.29, 1.82) is 0 Å². The lowest BCUT2D eigenvalue weighted by Gasteiger charge is -2.32. The highest BCUT2D eigenvalue weighted by atomic mass is 35.5. The Labute approximate surface area is 152 Å². The van der Waals surface area contributed by atoms with Crippen LogP contribution in [0.3, 0.4) is 0 Å². The Morgan fingerprint density at radius 3 is 2.36 bits per heavy atom. The van der Waals surface area contributed by atoms with Crippen molar-refractivity contribution in [2.24, 2.45) is 0 Å². The molecule has 0 aliphatic carbocycles. The number of nitrogens with one attached hydrogen (secondary N) is 1. The first-order valence-electron chi connectivity index (χ1n) is 8.08. The second-order valence-electron chi connectivity index (χ2n) is 6.01. The quantitative estimate of drug-likeness (QED) is 0.889. The van der Waals surface area contributed by atoms with Crippen LogP contribution in [0.4, 0.5) is 0 Å². The lowest BCUT2D eigenvalue weighted by molar-refractivity contribution is 0.0711. The number of benzene rings is 2. The molecule has 3 rings (SSSR count). The molecule has 5 nitrogen and oxygen atoms in total. The van der Waals surface area contributed by atoms with Crippen LogP contribution in [0.25, 0.3) is 0 Å². The van der Waals surface area contributed by atoms with Gasteiger partial charge in [0, 0.05) is 29.7 Å². The summed E-state index contributed by atoms with van der Waals surface area (Å²) in [4.78, 5) is 14.5. The van der Waals surface area contributed by atoms with Crippen LogP contribution in [-0.4, -0.2) is 38.4 Å². The zero-order valence-electron chi connectivity index (χ0n) is 13.6. The molecular formula is C18H19ClN2O3S. The third-order valence-electron chi connectivity index (χ3n) is 4.23.